The van der Waals surface area contributed by atoms with Crippen LogP contribution in [0.4, 0.5) is 0 Å². The van der Waals surface area contributed by atoms with Crippen LogP contribution in [0.2, 0.25) is 0 Å². The summed E-state index contributed by atoms with van der Waals surface area (Å²) in [4.78, 5) is 18.9. The molecule has 1 amide bonds. The highest BCUT2D eigenvalue weighted by molar-refractivity contribution is 5.92. The van der Waals surface area contributed by atoms with Crippen molar-refractivity contribution < 1.29 is 4.79 Å². The molecular weight excluding hydrogens is 312 g/mol. The quantitative estimate of drug-likeness (QED) is 0.739. The van der Waals surface area contributed by atoms with Gasteiger partial charge in [0.1, 0.15) is 0 Å². The third kappa shape index (κ3) is 3.50. The molecule has 0 N–H and O–H groups in total. The molecule has 1 saturated heterocycles. The van der Waals surface area contributed by atoms with E-state index in [-0.39, 0.29) is 5.91 Å². The highest BCUT2D eigenvalue weighted by Crippen LogP contribution is 2.23. The van der Waals surface area contributed by atoms with Gasteiger partial charge in [-0.3, -0.25) is 9.78 Å². The number of likely N-dealkylation sites (tertiary alicyclic amines) is 1. The van der Waals surface area contributed by atoms with Crippen molar-refractivity contribution in [3.8, 4) is 0 Å². The first-order valence-corrected chi connectivity index (χ1v) is 8.70. The lowest BCUT2D eigenvalue weighted by Gasteiger charge is -2.32. The molecule has 25 heavy (non-hydrogen) atoms. The minimum atomic E-state index is -0.0134. The number of carbonyl (C=O) groups is 1. The van der Waals surface area contributed by atoms with Gasteiger partial charge in [-0.1, -0.05) is 12.1 Å². The summed E-state index contributed by atoms with van der Waals surface area (Å²) in [5.41, 5.74) is 2.76. The first-order valence-electron chi connectivity index (χ1n) is 8.70. The molecule has 4 rings (SSSR count). The number of hydrogen-bond acceptors (Lipinski definition) is 4. The number of benzene rings is 1. The lowest BCUT2D eigenvalue weighted by Crippen LogP contribution is -2.40. The van der Waals surface area contributed by atoms with E-state index in [2.05, 4.69) is 39.4 Å². The summed E-state index contributed by atoms with van der Waals surface area (Å²) in [6.45, 7) is 1.58. The maximum atomic E-state index is 12.6. The van der Waals surface area contributed by atoms with E-state index in [0.717, 1.165) is 37.9 Å². The lowest BCUT2D eigenvalue weighted by atomic mass is 9.90. The number of fused-ring (bicyclic) bond motifs is 1. The van der Waals surface area contributed by atoms with Crippen LogP contribution in [0, 0.1) is 5.92 Å². The van der Waals surface area contributed by atoms with Crippen LogP contribution in [0.1, 0.15) is 28.9 Å². The Morgan fingerprint density at radius 3 is 2.96 bits per heavy atom. The van der Waals surface area contributed by atoms with Gasteiger partial charge in [0, 0.05) is 30.9 Å². The Morgan fingerprint density at radius 1 is 1.16 bits per heavy atom. The van der Waals surface area contributed by atoms with Gasteiger partial charge in [-0.05, 0) is 61.1 Å². The van der Waals surface area contributed by atoms with E-state index in [1.54, 1.807) is 18.3 Å². The fraction of sp³-hybridized carbons (Fsp3) is 0.300. The predicted octanol–water partition coefficient (Wildman–Crippen LogP) is 3.12. The summed E-state index contributed by atoms with van der Waals surface area (Å²) in [6.07, 6.45) is 6.57. The molecule has 0 saturated carbocycles. The minimum absolute atomic E-state index is 0.0134. The number of aromatic nitrogens is 3. The standard InChI is InChI=1S/C20H20N4O/c25-20(19-6-2-10-22-23-19)24-11-3-4-16(14-24)12-15-7-8-18-17(13-15)5-1-9-21-18/h1-2,5-10,13,16H,3-4,11-12,14H2. The van der Waals surface area contributed by atoms with Crippen LogP contribution in [0.3, 0.4) is 0 Å². The number of pyridine rings is 1. The Hall–Kier alpha value is -2.82. The van der Waals surface area contributed by atoms with Gasteiger partial charge in [-0.25, -0.2) is 0 Å². The van der Waals surface area contributed by atoms with Gasteiger partial charge in [-0.2, -0.15) is 5.10 Å². The monoisotopic (exact) mass is 332 g/mol. The molecule has 1 fully saturated rings. The zero-order chi connectivity index (χ0) is 17.1. The average Bonchev–Trinajstić information content (AvgIpc) is 2.68. The van der Waals surface area contributed by atoms with Crippen molar-refractivity contribution in [2.24, 2.45) is 5.92 Å². The van der Waals surface area contributed by atoms with Crippen LogP contribution < -0.4 is 0 Å². The molecule has 1 atom stereocenters. The van der Waals surface area contributed by atoms with Gasteiger partial charge in [0.25, 0.3) is 5.91 Å². The molecule has 1 aromatic carbocycles. The number of amides is 1. The van der Waals surface area contributed by atoms with E-state index in [4.69, 9.17) is 0 Å². The second-order valence-corrected chi connectivity index (χ2v) is 6.60. The fourth-order valence-corrected chi connectivity index (χ4v) is 3.58. The van der Waals surface area contributed by atoms with E-state index in [0.29, 0.717) is 11.6 Å². The van der Waals surface area contributed by atoms with Gasteiger partial charge in [-0.15, -0.1) is 5.10 Å². The smallest absolute Gasteiger partial charge is 0.274 e. The fourth-order valence-electron chi connectivity index (χ4n) is 3.58. The molecule has 1 aliphatic heterocycles. The Morgan fingerprint density at radius 2 is 2.08 bits per heavy atom. The second kappa shape index (κ2) is 6.97. The zero-order valence-corrected chi connectivity index (χ0v) is 14.0. The summed E-state index contributed by atoms with van der Waals surface area (Å²) >= 11 is 0. The molecule has 0 bridgehead atoms. The number of carbonyl (C=O) groups excluding carboxylic acids is 1. The van der Waals surface area contributed by atoms with E-state index in [1.807, 2.05) is 17.2 Å². The highest BCUT2D eigenvalue weighted by Gasteiger charge is 2.25. The molecule has 5 heteroatoms. The molecular formula is C20H20N4O. The molecule has 1 aliphatic rings. The molecule has 0 aliphatic carbocycles. The van der Waals surface area contributed by atoms with Crippen LogP contribution in [0.15, 0.2) is 54.9 Å². The van der Waals surface area contributed by atoms with Gasteiger partial charge in [0.15, 0.2) is 5.69 Å². The van der Waals surface area contributed by atoms with Gasteiger partial charge in [0.05, 0.1) is 5.52 Å². The molecule has 2 aromatic heterocycles. The Bertz CT molecular complexity index is 881. The van der Waals surface area contributed by atoms with Crippen molar-refractivity contribution in [3.05, 3.63) is 66.1 Å². The van der Waals surface area contributed by atoms with Crippen molar-refractivity contribution >= 4 is 16.8 Å². The second-order valence-electron chi connectivity index (χ2n) is 6.60. The van der Waals surface area contributed by atoms with Crippen molar-refractivity contribution in [3.63, 3.8) is 0 Å². The van der Waals surface area contributed by atoms with E-state index in [9.17, 15) is 4.79 Å². The third-order valence-corrected chi connectivity index (χ3v) is 4.79. The number of hydrogen-bond donors (Lipinski definition) is 0. The van der Waals surface area contributed by atoms with Crippen LogP contribution in [0.25, 0.3) is 10.9 Å². The lowest BCUT2D eigenvalue weighted by molar-refractivity contribution is 0.0666. The third-order valence-electron chi connectivity index (χ3n) is 4.79. The number of nitrogens with zero attached hydrogens (tertiary/aromatic N) is 4. The van der Waals surface area contributed by atoms with Crippen molar-refractivity contribution in [1.29, 1.82) is 0 Å². The van der Waals surface area contributed by atoms with Crippen LogP contribution in [0.5, 0.6) is 0 Å². The van der Waals surface area contributed by atoms with Gasteiger partial charge in [0.2, 0.25) is 0 Å². The molecule has 0 radical (unpaired) electrons. The zero-order valence-electron chi connectivity index (χ0n) is 14.0. The molecule has 5 nitrogen and oxygen atoms in total. The van der Waals surface area contributed by atoms with Gasteiger partial charge < -0.3 is 4.90 Å². The largest absolute Gasteiger partial charge is 0.337 e. The summed E-state index contributed by atoms with van der Waals surface area (Å²) in [7, 11) is 0. The number of rotatable bonds is 3. The van der Waals surface area contributed by atoms with E-state index in [1.165, 1.54) is 10.9 Å². The van der Waals surface area contributed by atoms with E-state index < -0.39 is 0 Å². The maximum Gasteiger partial charge on any atom is 0.274 e. The van der Waals surface area contributed by atoms with E-state index >= 15 is 0 Å². The maximum absolute atomic E-state index is 12.6. The van der Waals surface area contributed by atoms with Crippen LogP contribution >= 0.6 is 0 Å². The SMILES string of the molecule is O=C(c1cccnn1)N1CCCC(Cc2ccc3ncccc3c2)C1. The topological polar surface area (TPSA) is 59.0 Å². The summed E-state index contributed by atoms with van der Waals surface area (Å²) in [5, 5.41) is 8.93. The normalized spacial score (nSPS) is 17.6. The van der Waals surface area contributed by atoms with Crippen molar-refractivity contribution in [2.75, 3.05) is 13.1 Å². The summed E-state index contributed by atoms with van der Waals surface area (Å²) in [6, 6.07) is 14.0. The average molecular weight is 332 g/mol. The molecule has 0 spiro atoms. The molecule has 3 heterocycles. The summed E-state index contributed by atoms with van der Waals surface area (Å²) in [5.74, 6) is 0.462. The predicted molar refractivity (Wildman–Crippen MR) is 96.1 cm³/mol. The summed E-state index contributed by atoms with van der Waals surface area (Å²) < 4.78 is 0. The molecule has 3 aromatic rings. The first kappa shape index (κ1) is 15.7. The Labute approximate surface area is 146 Å². The van der Waals surface area contributed by atoms with Gasteiger partial charge >= 0.3 is 0 Å². The number of piperidine rings is 1. The Kier molecular flexibility index (Phi) is 4.37. The van der Waals surface area contributed by atoms with Crippen molar-refractivity contribution in [2.45, 2.75) is 19.3 Å². The van der Waals surface area contributed by atoms with Crippen LogP contribution in [-0.4, -0.2) is 39.1 Å². The molecule has 1 unspecified atom stereocenters. The van der Waals surface area contributed by atoms with Crippen molar-refractivity contribution in [1.82, 2.24) is 20.1 Å². The van der Waals surface area contributed by atoms with Crippen LogP contribution in [-0.2, 0) is 6.42 Å². The highest BCUT2D eigenvalue weighted by atomic mass is 16.2. The minimum Gasteiger partial charge on any atom is -0.337 e. The first-order chi connectivity index (χ1) is 12.3. The Balaban J connectivity index is 1.46. The molecule has 126 valence electrons.